The summed E-state index contributed by atoms with van der Waals surface area (Å²) in [5.41, 5.74) is 1.78. The fraction of sp³-hybridized carbons (Fsp3) is 0.190. The molecule has 0 saturated heterocycles. The third-order valence-electron chi connectivity index (χ3n) is 3.77. The van der Waals surface area contributed by atoms with E-state index < -0.39 is 0 Å². The van der Waals surface area contributed by atoms with Gasteiger partial charge in [0.25, 0.3) is 5.91 Å². The molecule has 0 aliphatic rings. The summed E-state index contributed by atoms with van der Waals surface area (Å²) < 4.78 is 5.65. The largest absolute Gasteiger partial charge is 0.491 e. The molecule has 0 spiro atoms. The highest BCUT2D eigenvalue weighted by Crippen LogP contribution is 2.24. The summed E-state index contributed by atoms with van der Waals surface area (Å²) in [4.78, 5) is 28.9. The minimum absolute atomic E-state index is 0.111. The second-order valence-corrected chi connectivity index (χ2v) is 6.89. The Kier molecular flexibility index (Phi) is 6.75. The molecule has 3 rings (SSSR count). The van der Waals surface area contributed by atoms with Crippen LogP contribution in [0.15, 0.2) is 60.0 Å². The van der Waals surface area contributed by atoms with Crippen LogP contribution in [0.2, 0.25) is 0 Å². The number of hydrogen-bond donors (Lipinski definition) is 2. The van der Waals surface area contributed by atoms with E-state index in [2.05, 4.69) is 15.6 Å². The molecule has 3 aromatic rings. The average molecular weight is 395 g/mol. The minimum Gasteiger partial charge on any atom is -0.491 e. The molecule has 1 aromatic heterocycles. The number of amides is 2. The van der Waals surface area contributed by atoms with Crippen LogP contribution in [0.5, 0.6) is 5.75 Å². The van der Waals surface area contributed by atoms with Crippen molar-refractivity contribution in [3.05, 3.63) is 71.2 Å². The maximum Gasteiger partial charge on any atom is 0.257 e. The van der Waals surface area contributed by atoms with E-state index in [0.717, 1.165) is 6.42 Å². The summed E-state index contributed by atoms with van der Waals surface area (Å²) in [6.45, 7) is 2.61. The highest BCUT2D eigenvalue weighted by atomic mass is 32.1. The molecule has 2 aromatic carbocycles. The molecule has 0 bridgehead atoms. The number of carbonyl (C=O) groups is 2. The molecule has 0 aliphatic carbocycles. The number of nitrogens with zero attached hydrogens (tertiary/aromatic N) is 1. The predicted octanol–water partition coefficient (Wildman–Crippen LogP) is 4.37. The molecular weight excluding hydrogens is 374 g/mol. The number of ether oxygens (including phenoxy) is 1. The zero-order chi connectivity index (χ0) is 19.8. The second kappa shape index (κ2) is 9.66. The molecule has 28 heavy (non-hydrogen) atoms. The van der Waals surface area contributed by atoms with Crippen LogP contribution in [-0.4, -0.2) is 23.4 Å². The van der Waals surface area contributed by atoms with E-state index in [-0.39, 0.29) is 18.2 Å². The van der Waals surface area contributed by atoms with Crippen LogP contribution in [0.1, 0.15) is 29.4 Å². The molecule has 0 aliphatic heterocycles. The quantitative estimate of drug-likeness (QED) is 0.594. The first-order chi connectivity index (χ1) is 13.7. The minimum atomic E-state index is -0.229. The van der Waals surface area contributed by atoms with Gasteiger partial charge in [0.15, 0.2) is 5.13 Å². The van der Waals surface area contributed by atoms with E-state index in [1.54, 1.807) is 35.7 Å². The van der Waals surface area contributed by atoms with Gasteiger partial charge in [0.2, 0.25) is 5.91 Å². The van der Waals surface area contributed by atoms with Crippen LogP contribution >= 0.6 is 11.3 Å². The van der Waals surface area contributed by atoms with Crippen molar-refractivity contribution >= 4 is 34.0 Å². The molecule has 0 fully saturated rings. The van der Waals surface area contributed by atoms with Crippen molar-refractivity contribution in [3.63, 3.8) is 0 Å². The molecule has 2 N–H and O–H groups in total. The molecule has 0 unspecified atom stereocenters. The summed E-state index contributed by atoms with van der Waals surface area (Å²) in [5, 5.41) is 7.83. The fourth-order valence-electron chi connectivity index (χ4n) is 2.47. The predicted molar refractivity (Wildman–Crippen MR) is 111 cm³/mol. The zero-order valence-electron chi connectivity index (χ0n) is 15.5. The number of thiazole rings is 1. The lowest BCUT2D eigenvalue weighted by molar-refractivity contribution is -0.115. The van der Waals surface area contributed by atoms with Gasteiger partial charge in [-0.25, -0.2) is 4.98 Å². The third kappa shape index (κ3) is 5.40. The highest BCUT2D eigenvalue weighted by Gasteiger charge is 2.12. The topological polar surface area (TPSA) is 80.3 Å². The number of benzene rings is 2. The van der Waals surface area contributed by atoms with Crippen molar-refractivity contribution in [2.24, 2.45) is 0 Å². The number of rotatable bonds is 8. The molecule has 2 amide bonds. The van der Waals surface area contributed by atoms with E-state index in [1.807, 2.05) is 31.2 Å². The van der Waals surface area contributed by atoms with Crippen molar-refractivity contribution in [2.45, 2.75) is 19.8 Å². The average Bonchev–Trinajstić information content (AvgIpc) is 3.14. The molecule has 6 nitrogen and oxygen atoms in total. The van der Waals surface area contributed by atoms with E-state index in [4.69, 9.17) is 4.74 Å². The number of aromatic nitrogens is 1. The SMILES string of the molecule is CCCOc1ccccc1NC(=O)Cc1csc(NC(=O)c2ccccc2)n1. The van der Waals surface area contributed by atoms with Crippen LogP contribution in [0.25, 0.3) is 0 Å². The lowest BCUT2D eigenvalue weighted by Gasteiger charge is -2.11. The second-order valence-electron chi connectivity index (χ2n) is 6.03. The first-order valence-electron chi connectivity index (χ1n) is 8.98. The van der Waals surface area contributed by atoms with E-state index in [0.29, 0.717) is 34.4 Å². The first-order valence-corrected chi connectivity index (χ1v) is 9.86. The van der Waals surface area contributed by atoms with Gasteiger partial charge in [-0.15, -0.1) is 11.3 Å². The van der Waals surface area contributed by atoms with Crippen LogP contribution < -0.4 is 15.4 Å². The van der Waals surface area contributed by atoms with Gasteiger partial charge in [0.05, 0.1) is 24.4 Å². The standard InChI is InChI=1S/C21H21N3O3S/c1-2-12-27-18-11-7-6-10-17(18)23-19(25)13-16-14-28-21(22-16)24-20(26)15-8-4-3-5-9-15/h3-11,14H,2,12-13H2,1H3,(H,23,25)(H,22,24,26). The number of nitrogens with one attached hydrogen (secondary N) is 2. The Bertz CT molecular complexity index is 941. The molecule has 1 heterocycles. The van der Waals surface area contributed by atoms with E-state index >= 15 is 0 Å². The van der Waals surface area contributed by atoms with Crippen molar-refractivity contribution in [1.82, 2.24) is 4.98 Å². The van der Waals surface area contributed by atoms with Crippen molar-refractivity contribution < 1.29 is 14.3 Å². The zero-order valence-corrected chi connectivity index (χ0v) is 16.3. The summed E-state index contributed by atoms with van der Waals surface area (Å²) in [5.74, 6) is 0.221. The lowest BCUT2D eigenvalue weighted by atomic mass is 10.2. The Balaban J connectivity index is 1.58. The normalized spacial score (nSPS) is 10.3. The fourth-order valence-corrected chi connectivity index (χ4v) is 3.18. The summed E-state index contributed by atoms with van der Waals surface area (Å²) in [7, 11) is 0. The van der Waals surface area contributed by atoms with Gasteiger partial charge < -0.3 is 10.1 Å². The van der Waals surface area contributed by atoms with E-state index in [1.165, 1.54) is 11.3 Å². The van der Waals surface area contributed by atoms with Gasteiger partial charge in [-0.3, -0.25) is 14.9 Å². The summed E-state index contributed by atoms with van der Waals surface area (Å²) >= 11 is 1.29. The number of para-hydroxylation sites is 2. The van der Waals surface area contributed by atoms with Crippen molar-refractivity contribution in [2.75, 3.05) is 17.2 Å². The van der Waals surface area contributed by atoms with Crippen molar-refractivity contribution in [3.8, 4) is 5.75 Å². The third-order valence-corrected chi connectivity index (χ3v) is 4.58. The summed E-state index contributed by atoms with van der Waals surface area (Å²) in [6.07, 6.45) is 0.998. The Hall–Kier alpha value is -3.19. The van der Waals surface area contributed by atoms with Gasteiger partial charge in [0, 0.05) is 10.9 Å². The molecule has 0 atom stereocenters. The van der Waals surface area contributed by atoms with Crippen LogP contribution in [-0.2, 0) is 11.2 Å². The monoisotopic (exact) mass is 395 g/mol. The summed E-state index contributed by atoms with van der Waals surface area (Å²) in [6, 6.07) is 16.2. The molecule has 7 heteroatoms. The Labute approximate surface area is 167 Å². The molecular formula is C21H21N3O3S. The Morgan fingerprint density at radius 2 is 1.79 bits per heavy atom. The van der Waals surface area contributed by atoms with Crippen LogP contribution in [0, 0.1) is 0 Å². The molecule has 0 saturated carbocycles. The number of carbonyl (C=O) groups excluding carboxylic acids is 2. The van der Waals surface area contributed by atoms with E-state index in [9.17, 15) is 9.59 Å². The highest BCUT2D eigenvalue weighted by molar-refractivity contribution is 7.14. The smallest absolute Gasteiger partial charge is 0.257 e. The van der Waals surface area contributed by atoms with Gasteiger partial charge in [-0.05, 0) is 30.7 Å². The first kappa shape index (κ1) is 19.6. The number of hydrogen-bond acceptors (Lipinski definition) is 5. The Morgan fingerprint density at radius 1 is 1.04 bits per heavy atom. The van der Waals surface area contributed by atoms with Crippen LogP contribution in [0.4, 0.5) is 10.8 Å². The maximum absolute atomic E-state index is 12.4. The van der Waals surface area contributed by atoms with Gasteiger partial charge in [-0.2, -0.15) is 0 Å². The van der Waals surface area contributed by atoms with Crippen LogP contribution in [0.3, 0.4) is 0 Å². The van der Waals surface area contributed by atoms with Gasteiger partial charge >= 0.3 is 0 Å². The number of anilines is 2. The van der Waals surface area contributed by atoms with Crippen molar-refractivity contribution in [1.29, 1.82) is 0 Å². The molecule has 144 valence electrons. The maximum atomic E-state index is 12.4. The van der Waals surface area contributed by atoms with Gasteiger partial charge in [-0.1, -0.05) is 37.3 Å². The lowest BCUT2D eigenvalue weighted by Crippen LogP contribution is -2.16. The Morgan fingerprint density at radius 3 is 2.57 bits per heavy atom. The molecule has 0 radical (unpaired) electrons. The van der Waals surface area contributed by atoms with Gasteiger partial charge in [0.1, 0.15) is 5.75 Å².